The molecule has 25 heavy (non-hydrogen) atoms. The summed E-state index contributed by atoms with van der Waals surface area (Å²) < 4.78 is 11.3. The van der Waals surface area contributed by atoms with E-state index in [0.717, 1.165) is 21.9 Å². The van der Waals surface area contributed by atoms with Crippen molar-refractivity contribution in [3.05, 3.63) is 71.2 Å². The Balaban J connectivity index is 1.66. The van der Waals surface area contributed by atoms with E-state index in [9.17, 15) is 9.59 Å². The average Bonchev–Trinajstić information content (AvgIpc) is 3.14. The van der Waals surface area contributed by atoms with Crippen molar-refractivity contribution >= 4 is 33.5 Å². The van der Waals surface area contributed by atoms with Gasteiger partial charge in [-0.3, -0.25) is 9.59 Å². The summed E-state index contributed by atoms with van der Waals surface area (Å²) in [7, 11) is 0. The number of carbonyl (C=O) groups excluding carboxylic acids is 2. The van der Waals surface area contributed by atoms with Gasteiger partial charge in [-0.05, 0) is 26.0 Å². The van der Waals surface area contributed by atoms with Gasteiger partial charge in [-0.1, -0.05) is 36.4 Å². The predicted molar refractivity (Wildman–Crippen MR) is 95.2 cm³/mol. The number of Topliss-reactive ketones (excluding diaryl/α,β-unsaturated/α-hetero) is 2. The van der Waals surface area contributed by atoms with Crippen LogP contribution in [0.15, 0.2) is 57.4 Å². The van der Waals surface area contributed by atoms with E-state index in [-0.39, 0.29) is 29.5 Å². The number of ketones is 2. The number of carbonyl (C=O) groups is 2. The molecule has 4 heteroatoms. The molecule has 4 rings (SSSR count). The Morgan fingerprint density at radius 1 is 0.720 bits per heavy atom. The van der Waals surface area contributed by atoms with E-state index in [1.165, 1.54) is 0 Å². The van der Waals surface area contributed by atoms with Crippen LogP contribution in [0.5, 0.6) is 0 Å². The first-order chi connectivity index (χ1) is 12.1. The Kier molecular flexibility index (Phi) is 3.53. The normalized spacial score (nSPS) is 11.3. The summed E-state index contributed by atoms with van der Waals surface area (Å²) in [6, 6.07) is 14.9. The highest BCUT2D eigenvalue weighted by atomic mass is 16.4. The van der Waals surface area contributed by atoms with Crippen LogP contribution in [0.1, 0.15) is 38.7 Å². The third kappa shape index (κ3) is 2.47. The van der Waals surface area contributed by atoms with Gasteiger partial charge in [0, 0.05) is 21.9 Å². The van der Waals surface area contributed by atoms with Gasteiger partial charge in [0.1, 0.15) is 11.2 Å². The molecule has 4 aromatic rings. The quantitative estimate of drug-likeness (QED) is 0.378. The van der Waals surface area contributed by atoms with Gasteiger partial charge in [-0.2, -0.15) is 0 Å². The van der Waals surface area contributed by atoms with Crippen molar-refractivity contribution in [3.8, 4) is 0 Å². The molecule has 0 bridgehead atoms. The molecule has 0 radical (unpaired) electrons. The molecule has 0 aliphatic heterocycles. The minimum Gasteiger partial charge on any atom is -0.453 e. The maximum Gasteiger partial charge on any atom is 0.206 e. The second-order valence-corrected chi connectivity index (χ2v) is 6.13. The molecule has 0 aliphatic carbocycles. The Morgan fingerprint density at radius 2 is 1.12 bits per heavy atom. The summed E-state index contributed by atoms with van der Waals surface area (Å²) in [5.74, 6) is -0.191. The predicted octanol–water partition coefficient (Wildman–Crippen LogP) is 5.25. The zero-order valence-corrected chi connectivity index (χ0v) is 14.0. The maximum atomic E-state index is 12.6. The van der Waals surface area contributed by atoms with Gasteiger partial charge in [-0.15, -0.1) is 0 Å². The van der Waals surface area contributed by atoms with E-state index in [4.69, 9.17) is 8.83 Å². The standard InChI is InChI=1S/C21H16O4/c1-12-14-7-3-5-9-18(14)24-20(12)16(22)11-17(23)21-13(2)15-8-4-6-10-19(15)25-21/h3-10H,11H2,1-2H3. The smallest absolute Gasteiger partial charge is 0.206 e. The summed E-state index contributed by atoms with van der Waals surface area (Å²) in [5.41, 5.74) is 2.82. The fraction of sp³-hybridized carbons (Fsp3) is 0.143. The molecule has 0 aliphatic rings. The summed E-state index contributed by atoms with van der Waals surface area (Å²) in [6.07, 6.45) is -0.276. The highest BCUT2D eigenvalue weighted by Crippen LogP contribution is 2.28. The van der Waals surface area contributed by atoms with Crippen LogP contribution in [0.25, 0.3) is 21.9 Å². The van der Waals surface area contributed by atoms with Crippen molar-refractivity contribution in [2.24, 2.45) is 0 Å². The van der Waals surface area contributed by atoms with Crippen LogP contribution in [0.2, 0.25) is 0 Å². The van der Waals surface area contributed by atoms with Gasteiger partial charge < -0.3 is 8.83 Å². The highest BCUT2D eigenvalue weighted by Gasteiger charge is 2.24. The van der Waals surface area contributed by atoms with E-state index in [0.29, 0.717) is 11.2 Å². The SMILES string of the molecule is Cc1c(C(=O)CC(=O)c2oc3ccccc3c2C)oc2ccccc12. The third-order valence-electron chi connectivity index (χ3n) is 4.51. The van der Waals surface area contributed by atoms with Crippen LogP contribution in [-0.2, 0) is 0 Å². The van der Waals surface area contributed by atoms with Crippen molar-refractivity contribution in [2.45, 2.75) is 20.3 Å². The molecule has 0 amide bonds. The largest absolute Gasteiger partial charge is 0.453 e. The zero-order chi connectivity index (χ0) is 17.6. The minimum atomic E-state index is -0.335. The Morgan fingerprint density at radius 3 is 1.52 bits per heavy atom. The number of para-hydroxylation sites is 2. The molecule has 0 spiro atoms. The van der Waals surface area contributed by atoms with Gasteiger partial charge in [0.05, 0.1) is 6.42 Å². The summed E-state index contributed by atoms with van der Waals surface area (Å²) >= 11 is 0. The first kappa shape index (κ1) is 15.4. The lowest BCUT2D eigenvalue weighted by Crippen LogP contribution is -2.09. The van der Waals surface area contributed by atoms with Gasteiger partial charge in [0.25, 0.3) is 0 Å². The molecular formula is C21H16O4. The van der Waals surface area contributed by atoms with Crippen molar-refractivity contribution in [1.82, 2.24) is 0 Å². The van der Waals surface area contributed by atoms with Crippen molar-refractivity contribution in [2.75, 3.05) is 0 Å². The Hall–Kier alpha value is -3.14. The molecular weight excluding hydrogens is 316 g/mol. The van der Waals surface area contributed by atoms with E-state index in [2.05, 4.69) is 0 Å². The fourth-order valence-electron chi connectivity index (χ4n) is 3.19. The van der Waals surface area contributed by atoms with Gasteiger partial charge >= 0.3 is 0 Å². The van der Waals surface area contributed by atoms with Crippen LogP contribution in [0.3, 0.4) is 0 Å². The number of aryl methyl sites for hydroxylation is 2. The zero-order valence-electron chi connectivity index (χ0n) is 14.0. The molecule has 4 nitrogen and oxygen atoms in total. The van der Waals surface area contributed by atoms with Gasteiger partial charge in [0.15, 0.2) is 11.5 Å². The lowest BCUT2D eigenvalue weighted by Gasteiger charge is -1.98. The summed E-state index contributed by atoms with van der Waals surface area (Å²) in [5, 5.41) is 1.77. The third-order valence-corrected chi connectivity index (χ3v) is 4.51. The summed E-state index contributed by atoms with van der Waals surface area (Å²) in [6.45, 7) is 3.66. The number of hydrogen-bond acceptors (Lipinski definition) is 4. The van der Waals surface area contributed by atoms with Crippen LogP contribution in [-0.4, -0.2) is 11.6 Å². The molecule has 124 valence electrons. The first-order valence-electron chi connectivity index (χ1n) is 8.09. The van der Waals surface area contributed by atoms with Crippen molar-refractivity contribution in [3.63, 3.8) is 0 Å². The van der Waals surface area contributed by atoms with Crippen LogP contribution >= 0.6 is 0 Å². The molecule has 2 aromatic heterocycles. The molecule has 0 saturated carbocycles. The topological polar surface area (TPSA) is 60.4 Å². The number of benzene rings is 2. The molecule has 2 aromatic carbocycles. The minimum absolute atomic E-state index is 0.239. The molecule has 0 atom stereocenters. The van der Waals surface area contributed by atoms with Crippen LogP contribution in [0.4, 0.5) is 0 Å². The first-order valence-corrected chi connectivity index (χ1v) is 8.09. The van der Waals surface area contributed by atoms with E-state index < -0.39 is 0 Å². The number of furan rings is 2. The molecule has 0 N–H and O–H groups in total. The van der Waals surface area contributed by atoms with Gasteiger partial charge in [0.2, 0.25) is 11.6 Å². The van der Waals surface area contributed by atoms with Crippen LogP contribution < -0.4 is 0 Å². The lowest BCUT2D eigenvalue weighted by atomic mass is 10.0. The van der Waals surface area contributed by atoms with Gasteiger partial charge in [-0.25, -0.2) is 0 Å². The second-order valence-electron chi connectivity index (χ2n) is 6.13. The van der Waals surface area contributed by atoms with Crippen molar-refractivity contribution in [1.29, 1.82) is 0 Å². The van der Waals surface area contributed by atoms with E-state index in [1.807, 2.05) is 62.4 Å². The number of rotatable bonds is 4. The maximum absolute atomic E-state index is 12.6. The van der Waals surface area contributed by atoms with E-state index >= 15 is 0 Å². The fourth-order valence-corrected chi connectivity index (χ4v) is 3.19. The summed E-state index contributed by atoms with van der Waals surface area (Å²) in [4.78, 5) is 25.2. The molecule has 2 heterocycles. The number of hydrogen-bond donors (Lipinski definition) is 0. The van der Waals surface area contributed by atoms with Crippen LogP contribution in [0, 0.1) is 13.8 Å². The molecule has 0 unspecified atom stereocenters. The highest BCUT2D eigenvalue weighted by molar-refractivity contribution is 6.14. The molecule has 0 saturated heterocycles. The number of fused-ring (bicyclic) bond motifs is 2. The average molecular weight is 332 g/mol. The van der Waals surface area contributed by atoms with E-state index in [1.54, 1.807) is 0 Å². The van der Waals surface area contributed by atoms with Crippen molar-refractivity contribution < 1.29 is 18.4 Å². The Bertz CT molecular complexity index is 1040. The second kappa shape index (κ2) is 5.74. The Labute approximate surface area is 144 Å². The lowest BCUT2D eigenvalue weighted by molar-refractivity contribution is 0.0865. The molecule has 0 fully saturated rings. The monoisotopic (exact) mass is 332 g/mol.